The van der Waals surface area contributed by atoms with E-state index in [9.17, 15) is 4.79 Å². The fourth-order valence-electron chi connectivity index (χ4n) is 3.00. The molecule has 0 spiro atoms. The summed E-state index contributed by atoms with van der Waals surface area (Å²) in [5, 5.41) is 2.91. The summed E-state index contributed by atoms with van der Waals surface area (Å²) in [6.45, 7) is 0.533. The quantitative estimate of drug-likeness (QED) is 0.240. The number of anilines is 1. The van der Waals surface area contributed by atoms with Crippen molar-refractivity contribution >= 4 is 50.2 Å². The van der Waals surface area contributed by atoms with E-state index in [1.807, 2.05) is 48.5 Å². The third kappa shape index (κ3) is 4.66. The van der Waals surface area contributed by atoms with Crippen LogP contribution in [-0.2, 0) is 0 Å². The molecule has 0 unspecified atom stereocenters. The van der Waals surface area contributed by atoms with Crippen molar-refractivity contribution in [1.29, 1.82) is 0 Å². The largest absolute Gasteiger partial charge is 0.492 e. The number of carbonyl (C=O) groups is 1. The molecule has 30 heavy (non-hydrogen) atoms. The van der Waals surface area contributed by atoms with Crippen molar-refractivity contribution in [3.63, 3.8) is 0 Å². The number of amides is 1. The van der Waals surface area contributed by atoms with E-state index >= 15 is 0 Å². The molecule has 0 saturated heterocycles. The predicted molar refractivity (Wildman–Crippen MR) is 124 cm³/mol. The van der Waals surface area contributed by atoms with Gasteiger partial charge >= 0.3 is 0 Å². The number of para-hydroxylation sites is 2. The van der Waals surface area contributed by atoms with E-state index in [4.69, 9.17) is 16.3 Å². The van der Waals surface area contributed by atoms with Gasteiger partial charge in [-0.25, -0.2) is 4.98 Å². The highest BCUT2D eigenvalue weighted by molar-refractivity contribution is 9.10. The van der Waals surface area contributed by atoms with E-state index in [-0.39, 0.29) is 5.91 Å². The molecule has 152 valence electrons. The molecule has 1 amide bonds. The Bertz CT molecular complexity index is 1140. The van der Waals surface area contributed by atoms with Gasteiger partial charge in [0.2, 0.25) is 0 Å². The van der Waals surface area contributed by atoms with Crippen LogP contribution in [0.15, 0.2) is 71.2 Å². The highest BCUT2D eigenvalue weighted by Gasteiger charge is 2.11. The van der Waals surface area contributed by atoms with Gasteiger partial charge in [-0.05, 0) is 76.9 Å². The fourth-order valence-corrected chi connectivity index (χ4v) is 3.60. The minimum Gasteiger partial charge on any atom is -0.492 e. The number of rotatable bonds is 7. The zero-order valence-corrected chi connectivity index (χ0v) is 18.3. The van der Waals surface area contributed by atoms with Crippen LogP contribution in [0.2, 0.25) is 0 Å². The minimum absolute atomic E-state index is 0.195. The van der Waals surface area contributed by atoms with Crippen LogP contribution < -0.4 is 10.1 Å². The van der Waals surface area contributed by atoms with E-state index in [1.54, 1.807) is 18.2 Å². The van der Waals surface area contributed by atoms with E-state index in [1.165, 1.54) is 0 Å². The summed E-state index contributed by atoms with van der Waals surface area (Å²) in [6.07, 6.45) is 0.764. The van der Waals surface area contributed by atoms with Crippen LogP contribution in [0.25, 0.3) is 22.4 Å². The second-order valence-corrected chi connectivity index (χ2v) is 7.90. The van der Waals surface area contributed by atoms with E-state index in [0.29, 0.717) is 29.5 Å². The van der Waals surface area contributed by atoms with Gasteiger partial charge in [0.1, 0.15) is 11.6 Å². The lowest BCUT2D eigenvalue weighted by molar-refractivity contribution is 0.102. The summed E-state index contributed by atoms with van der Waals surface area (Å²) in [5.74, 6) is 1.84. The fraction of sp³-hybridized carbons (Fsp3) is 0.130. The zero-order chi connectivity index (χ0) is 20.9. The lowest BCUT2D eigenvalue weighted by Gasteiger charge is -2.10. The lowest BCUT2D eigenvalue weighted by Crippen LogP contribution is -2.12. The maximum Gasteiger partial charge on any atom is 0.255 e. The first-order chi connectivity index (χ1) is 14.6. The number of carbonyl (C=O) groups excluding carboxylic acids is 1. The van der Waals surface area contributed by atoms with Gasteiger partial charge in [0, 0.05) is 22.7 Å². The number of fused-ring (bicyclic) bond motifs is 1. The van der Waals surface area contributed by atoms with Crippen LogP contribution in [0.3, 0.4) is 0 Å². The molecule has 4 rings (SSSR count). The zero-order valence-electron chi connectivity index (χ0n) is 16.0. The molecule has 0 bridgehead atoms. The van der Waals surface area contributed by atoms with E-state index in [2.05, 4.69) is 31.2 Å². The molecule has 0 atom stereocenters. The molecule has 0 fully saturated rings. The van der Waals surface area contributed by atoms with Crippen molar-refractivity contribution in [3.8, 4) is 17.1 Å². The third-order valence-corrected chi connectivity index (χ3v) is 5.42. The van der Waals surface area contributed by atoms with Crippen molar-refractivity contribution < 1.29 is 9.53 Å². The van der Waals surface area contributed by atoms with E-state index in [0.717, 1.165) is 33.3 Å². The first kappa shape index (κ1) is 20.4. The van der Waals surface area contributed by atoms with Crippen LogP contribution in [0.5, 0.6) is 5.75 Å². The van der Waals surface area contributed by atoms with E-state index < -0.39 is 0 Å². The number of aromatic amines is 1. The predicted octanol–water partition coefficient (Wildman–Crippen LogP) is 6.25. The summed E-state index contributed by atoms with van der Waals surface area (Å²) in [7, 11) is 0. The Labute approximate surface area is 187 Å². The molecule has 5 nitrogen and oxygen atoms in total. The van der Waals surface area contributed by atoms with Crippen LogP contribution in [0.1, 0.15) is 16.8 Å². The highest BCUT2D eigenvalue weighted by Crippen LogP contribution is 2.27. The average Bonchev–Trinajstić information content (AvgIpc) is 3.20. The number of halogens is 2. The van der Waals surface area contributed by atoms with Gasteiger partial charge in [0.05, 0.1) is 22.1 Å². The van der Waals surface area contributed by atoms with Gasteiger partial charge in [-0.15, -0.1) is 11.6 Å². The number of nitrogens with one attached hydrogen (secondary N) is 2. The van der Waals surface area contributed by atoms with Gasteiger partial charge in [-0.2, -0.15) is 0 Å². The number of aromatic nitrogens is 2. The monoisotopic (exact) mass is 483 g/mol. The maximum atomic E-state index is 12.6. The average molecular weight is 485 g/mol. The van der Waals surface area contributed by atoms with Gasteiger partial charge in [0.15, 0.2) is 0 Å². The molecule has 0 aliphatic rings. The molecular weight excluding hydrogens is 466 g/mol. The Hall–Kier alpha value is -2.83. The number of nitrogens with zero attached hydrogens (tertiary/aromatic N) is 1. The summed E-state index contributed by atoms with van der Waals surface area (Å²) < 4.78 is 6.36. The number of imidazole rings is 1. The Morgan fingerprint density at radius 2 is 1.90 bits per heavy atom. The summed E-state index contributed by atoms with van der Waals surface area (Å²) in [4.78, 5) is 20.5. The smallest absolute Gasteiger partial charge is 0.255 e. The second kappa shape index (κ2) is 9.32. The summed E-state index contributed by atoms with van der Waals surface area (Å²) in [5.41, 5.74) is 4.10. The Morgan fingerprint density at radius 3 is 2.63 bits per heavy atom. The van der Waals surface area contributed by atoms with Crippen molar-refractivity contribution in [1.82, 2.24) is 9.97 Å². The number of H-pyrrole nitrogens is 1. The molecule has 0 aliphatic carbocycles. The molecule has 0 radical (unpaired) electrons. The standard InChI is InChI=1S/C23H19BrClN3O2/c24-18-14-16(8-11-21(18)30-13-3-12-25)23(29)26-17-9-6-15(7-10-17)22-27-19-4-1-2-5-20(19)28-22/h1-2,4-11,14H,3,12-13H2,(H,26,29)(H,27,28). The van der Waals surface area contributed by atoms with Crippen molar-refractivity contribution in [2.24, 2.45) is 0 Å². The minimum atomic E-state index is -0.195. The molecule has 4 aromatic rings. The number of ether oxygens (including phenoxy) is 1. The van der Waals surface area contributed by atoms with Gasteiger partial charge in [0.25, 0.3) is 5.91 Å². The second-order valence-electron chi connectivity index (χ2n) is 6.67. The van der Waals surface area contributed by atoms with Crippen LogP contribution in [0.4, 0.5) is 5.69 Å². The lowest BCUT2D eigenvalue weighted by atomic mass is 10.1. The third-order valence-electron chi connectivity index (χ3n) is 4.54. The first-order valence-corrected chi connectivity index (χ1v) is 10.8. The van der Waals surface area contributed by atoms with Gasteiger partial charge < -0.3 is 15.0 Å². The molecule has 2 N–H and O–H groups in total. The Kier molecular flexibility index (Phi) is 6.35. The van der Waals surface area contributed by atoms with Crippen molar-refractivity contribution in [2.45, 2.75) is 6.42 Å². The molecule has 7 heteroatoms. The maximum absolute atomic E-state index is 12.6. The number of hydrogen-bond acceptors (Lipinski definition) is 3. The highest BCUT2D eigenvalue weighted by atomic mass is 79.9. The van der Waals surface area contributed by atoms with Crippen LogP contribution in [-0.4, -0.2) is 28.4 Å². The molecule has 1 heterocycles. The van der Waals surface area contributed by atoms with Gasteiger partial charge in [-0.1, -0.05) is 12.1 Å². The van der Waals surface area contributed by atoms with Crippen molar-refractivity contribution in [3.05, 3.63) is 76.8 Å². The number of alkyl halides is 1. The molecule has 3 aromatic carbocycles. The van der Waals surface area contributed by atoms with Crippen LogP contribution in [0, 0.1) is 0 Å². The Balaban J connectivity index is 1.44. The molecule has 0 aliphatic heterocycles. The number of benzene rings is 3. The van der Waals surface area contributed by atoms with Crippen LogP contribution >= 0.6 is 27.5 Å². The van der Waals surface area contributed by atoms with Crippen molar-refractivity contribution in [2.75, 3.05) is 17.8 Å². The Morgan fingerprint density at radius 1 is 1.10 bits per heavy atom. The molecule has 0 saturated carbocycles. The first-order valence-electron chi connectivity index (χ1n) is 9.49. The summed E-state index contributed by atoms with van der Waals surface area (Å²) >= 11 is 9.12. The molecular formula is C23H19BrClN3O2. The van der Waals surface area contributed by atoms with Gasteiger partial charge in [-0.3, -0.25) is 4.79 Å². The summed E-state index contributed by atoms with van der Waals surface area (Å²) in [6, 6.07) is 20.7. The number of hydrogen-bond donors (Lipinski definition) is 2. The molecule has 1 aromatic heterocycles. The SMILES string of the molecule is O=C(Nc1ccc(-c2nc3ccccc3[nH]2)cc1)c1ccc(OCCCCl)c(Br)c1. The topological polar surface area (TPSA) is 67.0 Å². The normalized spacial score (nSPS) is 10.9.